The maximum absolute atomic E-state index is 11.8. The monoisotopic (exact) mass is 253 g/mol. The number of nitrogens with zero attached hydrogens (tertiary/aromatic N) is 1. The lowest BCUT2D eigenvalue weighted by molar-refractivity contribution is 0.0693. The average Bonchev–Trinajstić information content (AvgIpc) is 2.43. The van der Waals surface area contributed by atoms with E-state index in [1.807, 2.05) is 19.2 Å². The molecular weight excluding hydrogens is 242 g/mol. The second-order valence-electron chi connectivity index (χ2n) is 4.40. The Morgan fingerprint density at radius 2 is 1.69 bits per heavy atom. The van der Waals surface area contributed by atoms with E-state index in [2.05, 4.69) is 0 Å². The van der Waals surface area contributed by atoms with Crippen LogP contribution in [0.4, 0.5) is 0 Å². The molecule has 1 heterocycles. The van der Waals surface area contributed by atoms with E-state index in [1.54, 1.807) is 12.1 Å². The van der Waals surface area contributed by atoms with Gasteiger partial charge in [0.2, 0.25) is 0 Å². The molecule has 1 aliphatic heterocycles. The molecule has 1 aliphatic rings. The Balaban J connectivity index is 2.58. The van der Waals surface area contributed by atoms with E-state index >= 15 is 0 Å². The Morgan fingerprint density at radius 3 is 2.25 bits per heavy atom. The lowest BCUT2D eigenvalue weighted by Gasteiger charge is -2.13. The summed E-state index contributed by atoms with van der Waals surface area (Å²) in [6.07, 6.45) is 0. The molecular formula is C11H12ClNO2Si. The average molecular weight is 254 g/mol. The molecule has 0 spiro atoms. The summed E-state index contributed by atoms with van der Waals surface area (Å²) in [4.78, 5) is 24.6. The van der Waals surface area contributed by atoms with Gasteiger partial charge in [-0.25, -0.2) is 0 Å². The van der Waals surface area contributed by atoms with Gasteiger partial charge in [-0.3, -0.25) is 14.5 Å². The second-order valence-corrected chi connectivity index (χ2v) is 10.8. The number of carbonyl (C=O) groups excluding carboxylic acids is 2. The summed E-state index contributed by atoms with van der Waals surface area (Å²) in [5.41, 5.74) is 0.956. The van der Waals surface area contributed by atoms with Gasteiger partial charge in [-0.1, -0.05) is 19.2 Å². The van der Waals surface area contributed by atoms with Gasteiger partial charge in [0.1, 0.15) is 0 Å². The van der Waals surface area contributed by atoms with Gasteiger partial charge in [-0.05, 0) is 17.3 Å². The lowest BCUT2D eigenvalue weighted by atomic mass is 10.1. The van der Waals surface area contributed by atoms with E-state index in [1.165, 1.54) is 7.05 Å². The third-order valence-corrected chi connectivity index (χ3v) is 5.11. The maximum Gasteiger partial charge on any atom is 0.261 e. The van der Waals surface area contributed by atoms with Crippen LogP contribution in [0, 0.1) is 0 Å². The van der Waals surface area contributed by atoms with E-state index in [0.717, 1.165) is 10.1 Å². The van der Waals surface area contributed by atoms with Crippen LogP contribution in [0.2, 0.25) is 13.1 Å². The molecule has 84 valence electrons. The summed E-state index contributed by atoms with van der Waals surface area (Å²) in [6.45, 7) is 3.97. The summed E-state index contributed by atoms with van der Waals surface area (Å²) in [6, 6.07) is 5.31. The number of amides is 2. The largest absolute Gasteiger partial charge is 0.277 e. The van der Waals surface area contributed by atoms with Gasteiger partial charge in [0, 0.05) is 7.05 Å². The van der Waals surface area contributed by atoms with Crippen molar-refractivity contribution in [2.45, 2.75) is 13.1 Å². The number of imide groups is 1. The fourth-order valence-corrected chi connectivity index (χ4v) is 3.05. The smallest absolute Gasteiger partial charge is 0.261 e. The van der Waals surface area contributed by atoms with Crippen molar-refractivity contribution in [2.24, 2.45) is 0 Å². The molecule has 0 aliphatic carbocycles. The SMILES string of the molecule is CN1C(=O)c2ccc([Si](C)(C)Cl)cc2C1=O. The third kappa shape index (κ3) is 1.58. The van der Waals surface area contributed by atoms with Crippen LogP contribution in [0.15, 0.2) is 18.2 Å². The third-order valence-electron chi connectivity index (χ3n) is 2.78. The molecule has 2 rings (SSSR count). The number of rotatable bonds is 1. The maximum atomic E-state index is 11.8. The van der Waals surface area contributed by atoms with Crippen molar-refractivity contribution in [1.29, 1.82) is 0 Å². The van der Waals surface area contributed by atoms with E-state index in [-0.39, 0.29) is 11.8 Å². The van der Waals surface area contributed by atoms with Crippen molar-refractivity contribution in [3.8, 4) is 0 Å². The fraction of sp³-hybridized carbons (Fsp3) is 0.273. The summed E-state index contributed by atoms with van der Waals surface area (Å²) >= 11 is 6.31. The standard InChI is InChI=1S/C11H12ClNO2Si/c1-13-10(14)8-5-4-7(16(2,3)12)6-9(8)11(13)15/h4-6H,1-3H3. The van der Waals surface area contributed by atoms with Crippen molar-refractivity contribution in [1.82, 2.24) is 4.90 Å². The van der Waals surface area contributed by atoms with Gasteiger partial charge < -0.3 is 0 Å². The fourth-order valence-electron chi connectivity index (χ4n) is 1.73. The quantitative estimate of drug-likeness (QED) is 0.433. The number of hydrogen-bond acceptors (Lipinski definition) is 2. The van der Waals surface area contributed by atoms with Gasteiger partial charge in [-0.15, -0.1) is 0 Å². The van der Waals surface area contributed by atoms with E-state index < -0.39 is 7.38 Å². The van der Waals surface area contributed by atoms with Crippen molar-refractivity contribution < 1.29 is 9.59 Å². The highest BCUT2D eigenvalue weighted by Crippen LogP contribution is 2.21. The van der Waals surface area contributed by atoms with Gasteiger partial charge in [0.25, 0.3) is 11.8 Å². The molecule has 1 aromatic rings. The van der Waals surface area contributed by atoms with Crippen molar-refractivity contribution in [3.05, 3.63) is 29.3 Å². The topological polar surface area (TPSA) is 37.4 Å². The first-order valence-electron chi connectivity index (χ1n) is 4.98. The molecule has 0 N–H and O–H groups in total. The molecule has 0 aromatic heterocycles. The molecule has 0 fully saturated rings. The van der Waals surface area contributed by atoms with Crippen LogP contribution in [0.1, 0.15) is 20.7 Å². The summed E-state index contributed by atoms with van der Waals surface area (Å²) in [7, 11) is -0.466. The molecule has 1 aromatic carbocycles. The number of halogens is 1. The number of carbonyl (C=O) groups is 2. The highest BCUT2D eigenvalue weighted by molar-refractivity contribution is 7.26. The minimum Gasteiger partial charge on any atom is -0.277 e. The van der Waals surface area contributed by atoms with Crippen molar-refractivity contribution in [2.75, 3.05) is 7.05 Å². The van der Waals surface area contributed by atoms with Crippen LogP contribution < -0.4 is 5.19 Å². The number of fused-ring (bicyclic) bond motifs is 1. The minimum absolute atomic E-state index is 0.236. The van der Waals surface area contributed by atoms with Gasteiger partial charge in [0.15, 0.2) is 7.38 Å². The van der Waals surface area contributed by atoms with Crippen LogP contribution in [-0.2, 0) is 0 Å². The Bertz CT molecular complexity index is 493. The van der Waals surface area contributed by atoms with Crippen LogP contribution >= 0.6 is 11.1 Å². The number of benzene rings is 1. The Kier molecular flexibility index (Phi) is 2.44. The molecule has 16 heavy (non-hydrogen) atoms. The molecule has 0 saturated carbocycles. The second kappa shape index (κ2) is 3.43. The lowest BCUT2D eigenvalue weighted by Crippen LogP contribution is -2.35. The van der Waals surface area contributed by atoms with Crippen LogP contribution in [0.25, 0.3) is 0 Å². The molecule has 2 amide bonds. The molecule has 0 unspecified atom stereocenters. The molecule has 5 heteroatoms. The van der Waals surface area contributed by atoms with Gasteiger partial charge in [0.05, 0.1) is 11.1 Å². The zero-order chi connectivity index (χ0) is 12.1. The predicted molar refractivity (Wildman–Crippen MR) is 65.8 cm³/mol. The summed E-state index contributed by atoms with van der Waals surface area (Å²) < 4.78 is 0. The van der Waals surface area contributed by atoms with E-state index in [4.69, 9.17) is 11.1 Å². The molecule has 0 atom stereocenters. The zero-order valence-electron chi connectivity index (χ0n) is 9.37. The van der Waals surface area contributed by atoms with E-state index in [0.29, 0.717) is 11.1 Å². The predicted octanol–water partition coefficient (Wildman–Crippen LogP) is 1.56. The highest BCUT2D eigenvalue weighted by atomic mass is 35.6. The Labute approximate surface area is 99.7 Å². The summed E-state index contributed by atoms with van der Waals surface area (Å²) in [5.74, 6) is -0.475. The van der Waals surface area contributed by atoms with E-state index in [9.17, 15) is 9.59 Å². The molecule has 0 radical (unpaired) electrons. The van der Waals surface area contributed by atoms with Crippen LogP contribution in [0.3, 0.4) is 0 Å². The molecule has 3 nitrogen and oxygen atoms in total. The van der Waals surface area contributed by atoms with Crippen LogP contribution in [0.5, 0.6) is 0 Å². The first kappa shape index (κ1) is 11.4. The van der Waals surface area contributed by atoms with Gasteiger partial charge >= 0.3 is 0 Å². The van der Waals surface area contributed by atoms with Crippen molar-refractivity contribution in [3.63, 3.8) is 0 Å². The molecule has 0 saturated heterocycles. The zero-order valence-corrected chi connectivity index (χ0v) is 11.1. The minimum atomic E-state index is -1.96. The Morgan fingerprint density at radius 1 is 1.12 bits per heavy atom. The van der Waals surface area contributed by atoms with Crippen molar-refractivity contribution >= 4 is 35.5 Å². The summed E-state index contributed by atoms with van der Waals surface area (Å²) in [5, 5.41) is 0.976. The van der Waals surface area contributed by atoms with Crippen LogP contribution in [-0.4, -0.2) is 31.1 Å². The normalized spacial score (nSPS) is 15.6. The number of hydrogen-bond donors (Lipinski definition) is 0. The first-order chi connectivity index (χ1) is 7.32. The molecule has 0 bridgehead atoms. The highest BCUT2D eigenvalue weighted by Gasteiger charge is 2.34. The Hall–Kier alpha value is -1.13. The first-order valence-corrected chi connectivity index (χ1v) is 8.99. The van der Waals surface area contributed by atoms with Gasteiger partial charge in [-0.2, -0.15) is 11.1 Å².